The third-order valence-corrected chi connectivity index (χ3v) is 6.53. The molecule has 158 valence electrons. The number of carbonyl (C=O) groups is 2. The molecule has 3 aliphatic heterocycles. The maximum absolute atomic E-state index is 12.9. The van der Waals surface area contributed by atoms with Crippen molar-refractivity contribution in [3.63, 3.8) is 0 Å². The van der Waals surface area contributed by atoms with Gasteiger partial charge in [-0.15, -0.1) is 0 Å². The first-order chi connectivity index (χ1) is 14.1. The Morgan fingerprint density at radius 2 is 1.76 bits per heavy atom. The standard InChI is InChI=1S/C22H32N4O3/c1-17(27)23-13-21(28)26-15-19-14-25(8-7-24-9-11-29-12-10-24)16-20(19)22(26)18-5-3-2-4-6-18/h2-6,19-20,22H,7-16H2,1H3,(H,23,27)/t19-,20-,22+/m0/s1. The Labute approximate surface area is 173 Å². The number of nitrogens with zero attached hydrogens (tertiary/aromatic N) is 3. The number of amides is 2. The summed E-state index contributed by atoms with van der Waals surface area (Å²) in [5, 5.41) is 2.67. The molecule has 3 saturated heterocycles. The highest BCUT2D eigenvalue weighted by molar-refractivity contribution is 5.84. The second kappa shape index (κ2) is 9.24. The normalized spacial score (nSPS) is 27.8. The van der Waals surface area contributed by atoms with Crippen molar-refractivity contribution >= 4 is 11.8 Å². The maximum Gasteiger partial charge on any atom is 0.242 e. The summed E-state index contributed by atoms with van der Waals surface area (Å²) in [4.78, 5) is 31.2. The lowest BCUT2D eigenvalue weighted by atomic mass is 9.89. The molecule has 7 heteroatoms. The number of benzene rings is 1. The summed E-state index contributed by atoms with van der Waals surface area (Å²) in [5.74, 6) is 0.793. The molecule has 0 radical (unpaired) electrons. The number of nitrogens with one attached hydrogen (secondary N) is 1. The van der Waals surface area contributed by atoms with Gasteiger partial charge in [-0.25, -0.2) is 0 Å². The fourth-order valence-corrected chi connectivity index (χ4v) is 5.06. The van der Waals surface area contributed by atoms with Crippen molar-refractivity contribution in [2.75, 3.05) is 65.6 Å². The van der Waals surface area contributed by atoms with Gasteiger partial charge in [0.2, 0.25) is 11.8 Å². The van der Waals surface area contributed by atoms with E-state index in [1.165, 1.54) is 12.5 Å². The van der Waals surface area contributed by atoms with Crippen molar-refractivity contribution in [1.82, 2.24) is 20.0 Å². The monoisotopic (exact) mass is 400 g/mol. The van der Waals surface area contributed by atoms with Gasteiger partial charge in [-0.1, -0.05) is 30.3 Å². The van der Waals surface area contributed by atoms with Crippen molar-refractivity contribution in [1.29, 1.82) is 0 Å². The van der Waals surface area contributed by atoms with Crippen LogP contribution >= 0.6 is 0 Å². The lowest BCUT2D eigenvalue weighted by Crippen LogP contribution is -2.43. The molecule has 7 nitrogen and oxygen atoms in total. The Morgan fingerprint density at radius 1 is 1.03 bits per heavy atom. The number of ether oxygens (including phenoxy) is 1. The highest BCUT2D eigenvalue weighted by atomic mass is 16.5. The van der Waals surface area contributed by atoms with Gasteiger partial charge in [0.25, 0.3) is 0 Å². The second-order valence-corrected chi connectivity index (χ2v) is 8.45. The van der Waals surface area contributed by atoms with E-state index in [2.05, 4.69) is 27.2 Å². The third-order valence-electron chi connectivity index (χ3n) is 6.53. The number of morpholine rings is 1. The lowest BCUT2D eigenvalue weighted by Gasteiger charge is -2.31. The number of hydrogen-bond donors (Lipinski definition) is 1. The summed E-state index contributed by atoms with van der Waals surface area (Å²) in [5.41, 5.74) is 1.20. The van der Waals surface area contributed by atoms with Crippen LogP contribution < -0.4 is 5.32 Å². The summed E-state index contributed by atoms with van der Waals surface area (Å²) >= 11 is 0. The van der Waals surface area contributed by atoms with Crippen molar-refractivity contribution < 1.29 is 14.3 Å². The van der Waals surface area contributed by atoms with E-state index in [1.807, 2.05) is 23.1 Å². The van der Waals surface area contributed by atoms with Crippen LogP contribution in [0, 0.1) is 11.8 Å². The van der Waals surface area contributed by atoms with Gasteiger partial charge >= 0.3 is 0 Å². The predicted octanol–water partition coefficient (Wildman–Crippen LogP) is 0.586. The van der Waals surface area contributed by atoms with Gasteiger partial charge in [0.15, 0.2) is 0 Å². The molecule has 4 rings (SSSR count). The van der Waals surface area contributed by atoms with E-state index in [0.717, 1.165) is 59.0 Å². The molecule has 3 heterocycles. The van der Waals surface area contributed by atoms with Crippen LogP contribution in [0.2, 0.25) is 0 Å². The van der Waals surface area contributed by atoms with Gasteiger partial charge in [-0.05, 0) is 11.5 Å². The smallest absolute Gasteiger partial charge is 0.242 e. The van der Waals surface area contributed by atoms with Crippen LogP contribution in [0.25, 0.3) is 0 Å². The molecule has 0 bridgehead atoms. The minimum absolute atomic E-state index is 0.0170. The molecule has 3 fully saturated rings. The molecule has 1 aromatic carbocycles. The zero-order valence-electron chi connectivity index (χ0n) is 17.3. The molecular formula is C22H32N4O3. The molecule has 0 aliphatic carbocycles. The van der Waals surface area contributed by atoms with Crippen LogP contribution in [0.3, 0.4) is 0 Å². The summed E-state index contributed by atoms with van der Waals surface area (Å²) < 4.78 is 5.45. The highest BCUT2D eigenvalue weighted by Crippen LogP contribution is 2.44. The molecular weight excluding hydrogens is 368 g/mol. The first-order valence-corrected chi connectivity index (χ1v) is 10.7. The predicted molar refractivity (Wildman–Crippen MR) is 110 cm³/mol. The zero-order chi connectivity index (χ0) is 20.2. The van der Waals surface area contributed by atoms with Crippen molar-refractivity contribution in [2.45, 2.75) is 13.0 Å². The third kappa shape index (κ3) is 4.79. The minimum atomic E-state index is -0.164. The average molecular weight is 401 g/mol. The first kappa shape index (κ1) is 20.3. The Bertz CT molecular complexity index is 707. The molecule has 0 saturated carbocycles. The number of likely N-dealkylation sites (tertiary alicyclic amines) is 2. The Morgan fingerprint density at radius 3 is 2.48 bits per heavy atom. The number of fused-ring (bicyclic) bond motifs is 1. The SMILES string of the molecule is CC(=O)NCC(=O)N1C[C@@H]2CN(CCN3CCOCC3)C[C@@H]2[C@H]1c1ccccc1. The summed E-state index contributed by atoms with van der Waals surface area (Å²) in [6.07, 6.45) is 0. The Balaban J connectivity index is 1.41. The van der Waals surface area contributed by atoms with Crippen LogP contribution in [0.4, 0.5) is 0 Å². The summed E-state index contributed by atoms with van der Waals surface area (Å²) in [7, 11) is 0. The van der Waals surface area contributed by atoms with Gasteiger partial charge in [-0.3, -0.25) is 14.5 Å². The Kier molecular flexibility index (Phi) is 6.47. The minimum Gasteiger partial charge on any atom is -0.379 e. The van der Waals surface area contributed by atoms with Crippen LogP contribution in [-0.4, -0.2) is 92.1 Å². The van der Waals surface area contributed by atoms with Crippen LogP contribution in [0.15, 0.2) is 30.3 Å². The average Bonchev–Trinajstić information content (AvgIpc) is 3.29. The quantitative estimate of drug-likeness (QED) is 0.757. The molecule has 2 amide bonds. The molecule has 3 aliphatic rings. The molecule has 0 spiro atoms. The van der Waals surface area contributed by atoms with E-state index < -0.39 is 0 Å². The van der Waals surface area contributed by atoms with E-state index in [0.29, 0.717) is 11.8 Å². The van der Waals surface area contributed by atoms with E-state index in [9.17, 15) is 9.59 Å². The van der Waals surface area contributed by atoms with Crippen molar-refractivity contribution in [3.8, 4) is 0 Å². The zero-order valence-corrected chi connectivity index (χ0v) is 17.3. The molecule has 0 aromatic heterocycles. The largest absolute Gasteiger partial charge is 0.379 e. The van der Waals surface area contributed by atoms with Crippen molar-refractivity contribution in [3.05, 3.63) is 35.9 Å². The van der Waals surface area contributed by atoms with E-state index in [4.69, 9.17) is 4.74 Å². The van der Waals surface area contributed by atoms with Gasteiger partial charge < -0.3 is 19.9 Å². The summed E-state index contributed by atoms with van der Waals surface area (Å²) in [6.45, 7) is 10.3. The molecule has 1 aromatic rings. The van der Waals surface area contributed by atoms with Crippen LogP contribution in [0.1, 0.15) is 18.5 Å². The van der Waals surface area contributed by atoms with Gasteiger partial charge in [0.05, 0.1) is 25.8 Å². The van der Waals surface area contributed by atoms with E-state index in [-0.39, 0.29) is 24.4 Å². The maximum atomic E-state index is 12.9. The number of carbonyl (C=O) groups excluding carboxylic acids is 2. The van der Waals surface area contributed by atoms with E-state index in [1.54, 1.807) is 0 Å². The molecule has 1 N–H and O–H groups in total. The molecule has 3 atom stereocenters. The Hall–Kier alpha value is -1.96. The number of hydrogen-bond acceptors (Lipinski definition) is 5. The van der Waals surface area contributed by atoms with Crippen LogP contribution in [0.5, 0.6) is 0 Å². The fourth-order valence-electron chi connectivity index (χ4n) is 5.06. The van der Waals surface area contributed by atoms with Gasteiger partial charge in [0.1, 0.15) is 0 Å². The topological polar surface area (TPSA) is 65.1 Å². The van der Waals surface area contributed by atoms with Crippen LogP contribution in [-0.2, 0) is 14.3 Å². The van der Waals surface area contributed by atoms with Gasteiger partial charge in [0, 0.05) is 58.7 Å². The second-order valence-electron chi connectivity index (χ2n) is 8.45. The fraction of sp³-hybridized carbons (Fsp3) is 0.636. The first-order valence-electron chi connectivity index (χ1n) is 10.7. The number of rotatable bonds is 6. The highest BCUT2D eigenvalue weighted by Gasteiger charge is 2.48. The summed E-state index contributed by atoms with van der Waals surface area (Å²) in [6, 6.07) is 10.5. The lowest BCUT2D eigenvalue weighted by molar-refractivity contribution is -0.133. The van der Waals surface area contributed by atoms with Gasteiger partial charge in [-0.2, -0.15) is 0 Å². The molecule has 0 unspecified atom stereocenters. The van der Waals surface area contributed by atoms with Crippen molar-refractivity contribution in [2.24, 2.45) is 11.8 Å². The molecule has 29 heavy (non-hydrogen) atoms. The van der Waals surface area contributed by atoms with E-state index >= 15 is 0 Å².